The summed E-state index contributed by atoms with van der Waals surface area (Å²) in [4.78, 5) is 23.1. The van der Waals surface area contributed by atoms with E-state index < -0.39 is 5.91 Å². The fourth-order valence-corrected chi connectivity index (χ4v) is 2.23. The Kier molecular flexibility index (Phi) is 5.67. The van der Waals surface area contributed by atoms with E-state index in [4.69, 9.17) is 29.6 Å². The zero-order chi connectivity index (χ0) is 16.8. The van der Waals surface area contributed by atoms with E-state index in [2.05, 4.69) is 10.6 Å². The first-order valence-electron chi connectivity index (χ1n) is 6.69. The lowest BCUT2D eigenvalue weighted by atomic mass is 10.1. The highest BCUT2D eigenvalue weighted by atomic mass is 35.5. The lowest BCUT2D eigenvalue weighted by Crippen LogP contribution is -2.35. The van der Waals surface area contributed by atoms with E-state index >= 15 is 0 Å². The van der Waals surface area contributed by atoms with Gasteiger partial charge in [-0.05, 0) is 48.1 Å². The third-order valence-corrected chi connectivity index (χ3v) is 3.39. The van der Waals surface area contributed by atoms with Crippen molar-refractivity contribution in [3.05, 3.63) is 64.7 Å². The van der Waals surface area contributed by atoms with Gasteiger partial charge < -0.3 is 16.4 Å². The molecule has 2 aromatic carbocycles. The van der Waals surface area contributed by atoms with Gasteiger partial charge in [0, 0.05) is 16.3 Å². The van der Waals surface area contributed by atoms with Gasteiger partial charge in [0.15, 0.2) is 5.11 Å². The topological polar surface area (TPSA) is 84.2 Å². The molecule has 0 heterocycles. The first-order valence-corrected chi connectivity index (χ1v) is 7.48. The summed E-state index contributed by atoms with van der Waals surface area (Å²) in [6.45, 7) is 0. The summed E-state index contributed by atoms with van der Waals surface area (Å²) >= 11 is 10.9. The van der Waals surface area contributed by atoms with Gasteiger partial charge >= 0.3 is 0 Å². The number of carbonyl (C=O) groups excluding carboxylic acids is 2. The van der Waals surface area contributed by atoms with Crippen molar-refractivity contribution in [2.75, 3.05) is 5.32 Å². The van der Waals surface area contributed by atoms with E-state index in [1.54, 1.807) is 48.5 Å². The summed E-state index contributed by atoms with van der Waals surface area (Å²) in [5.41, 5.74) is 6.96. The third-order valence-electron chi connectivity index (χ3n) is 2.94. The minimum absolute atomic E-state index is 0.144. The van der Waals surface area contributed by atoms with Crippen LogP contribution in [0.2, 0.25) is 5.02 Å². The van der Waals surface area contributed by atoms with Gasteiger partial charge in [-0.1, -0.05) is 29.8 Å². The Morgan fingerprint density at radius 1 is 1.13 bits per heavy atom. The van der Waals surface area contributed by atoms with E-state index in [1.165, 1.54) is 0 Å². The molecule has 0 fully saturated rings. The SMILES string of the molecule is NC(=O)c1cccc(NC(=S)NC(=O)Cc2ccc(Cl)cc2)c1. The second-order valence-corrected chi connectivity index (χ2v) is 5.60. The molecule has 0 spiro atoms. The second kappa shape index (κ2) is 7.71. The molecule has 7 heteroatoms. The van der Waals surface area contributed by atoms with Gasteiger partial charge in [-0.3, -0.25) is 9.59 Å². The highest BCUT2D eigenvalue weighted by Gasteiger charge is 2.07. The molecule has 0 atom stereocenters. The molecule has 0 aliphatic heterocycles. The molecular weight excluding hydrogens is 334 g/mol. The number of halogens is 1. The van der Waals surface area contributed by atoms with Crippen molar-refractivity contribution in [1.29, 1.82) is 0 Å². The molecule has 0 bridgehead atoms. The summed E-state index contributed by atoms with van der Waals surface area (Å²) in [5, 5.41) is 6.16. The molecule has 0 aliphatic carbocycles. The molecule has 4 N–H and O–H groups in total. The van der Waals surface area contributed by atoms with Crippen molar-refractivity contribution in [3.63, 3.8) is 0 Å². The smallest absolute Gasteiger partial charge is 0.248 e. The van der Waals surface area contributed by atoms with Crippen LogP contribution in [-0.2, 0) is 11.2 Å². The minimum atomic E-state index is -0.536. The van der Waals surface area contributed by atoms with Gasteiger partial charge in [0.05, 0.1) is 6.42 Å². The maximum atomic E-state index is 11.9. The van der Waals surface area contributed by atoms with Crippen LogP contribution in [-0.4, -0.2) is 16.9 Å². The molecule has 2 amide bonds. The number of nitrogens with two attached hydrogens (primary N) is 1. The Morgan fingerprint density at radius 3 is 2.48 bits per heavy atom. The average Bonchev–Trinajstić information content (AvgIpc) is 2.49. The number of amides is 2. The van der Waals surface area contributed by atoms with Gasteiger partial charge in [-0.15, -0.1) is 0 Å². The van der Waals surface area contributed by atoms with Crippen molar-refractivity contribution in [2.45, 2.75) is 6.42 Å². The number of hydrogen-bond donors (Lipinski definition) is 3. The summed E-state index contributed by atoms with van der Waals surface area (Å²) in [6, 6.07) is 13.5. The van der Waals surface area contributed by atoms with E-state index in [0.29, 0.717) is 16.3 Å². The molecule has 2 aromatic rings. The van der Waals surface area contributed by atoms with Crippen molar-refractivity contribution < 1.29 is 9.59 Å². The fraction of sp³-hybridized carbons (Fsp3) is 0.0625. The van der Waals surface area contributed by atoms with Crippen LogP contribution in [0.4, 0.5) is 5.69 Å². The van der Waals surface area contributed by atoms with Gasteiger partial charge in [0.1, 0.15) is 0 Å². The average molecular weight is 348 g/mol. The minimum Gasteiger partial charge on any atom is -0.366 e. The summed E-state index contributed by atoms with van der Waals surface area (Å²) < 4.78 is 0. The molecule has 23 heavy (non-hydrogen) atoms. The van der Waals surface area contributed by atoms with E-state index in [-0.39, 0.29) is 17.4 Å². The quantitative estimate of drug-likeness (QED) is 0.742. The van der Waals surface area contributed by atoms with Crippen LogP contribution in [0.15, 0.2) is 48.5 Å². The van der Waals surface area contributed by atoms with Gasteiger partial charge in [-0.2, -0.15) is 0 Å². The molecule has 0 unspecified atom stereocenters. The van der Waals surface area contributed by atoms with Crippen molar-refractivity contribution in [2.24, 2.45) is 5.73 Å². The van der Waals surface area contributed by atoms with Gasteiger partial charge in [0.25, 0.3) is 0 Å². The standard InChI is InChI=1S/C16H14ClN3O2S/c17-12-6-4-10(5-7-12)8-14(21)20-16(23)19-13-3-1-2-11(9-13)15(18)22/h1-7,9H,8H2,(H2,18,22)(H2,19,20,21,23). The predicted octanol–water partition coefficient (Wildman–Crippen LogP) is 2.49. The Balaban J connectivity index is 1.91. The number of hydrogen-bond acceptors (Lipinski definition) is 3. The van der Waals surface area contributed by atoms with Crippen LogP contribution in [0.25, 0.3) is 0 Å². The van der Waals surface area contributed by atoms with Crippen LogP contribution in [0, 0.1) is 0 Å². The summed E-state index contributed by atoms with van der Waals surface area (Å²) in [6.07, 6.45) is 0.181. The zero-order valence-corrected chi connectivity index (χ0v) is 13.6. The van der Waals surface area contributed by atoms with Crippen molar-refractivity contribution >= 4 is 46.4 Å². The molecule has 0 aliphatic rings. The molecule has 0 saturated carbocycles. The number of anilines is 1. The van der Waals surface area contributed by atoms with Crippen LogP contribution < -0.4 is 16.4 Å². The van der Waals surface area contributed by atoms with E-state index in [1.807, 2.05) is 0 Å². The highest BCUT2D eigenvalue weighted by molar-refractivity contribution is 7.80. The number of benzene rings is 2. The monoisotopic (exact) mass is 347 g/mol. The molecule has 0 saturated heterocycles. The molecule has 118 valence electrons. The first-order chi connectivity index (χ1) is 10.9. The van der Waals surface area contributed by atoms with Crippen LogP contribution in [0.1, 0.15) is 15.9 Å². The zero-order valence-electron chi connectivity index (χ0n) is 12.0. The highest BCUT2D eigenvalue weighted by Crippen LogP contribution is 2.11. The molecule has 5 nitrogen and oxygen atoms in total. The van der Waals surface area contributed by atoms with Crippen molar-refractivity contribution in [3.8, 4) is 0 Å². The number of primary amides is 1. The lowest BCUT2D eigenvalue weighted by Gasteiger charge is -2.10. The first kappa shape index (κ1) is 16.9. The van der Waals surface area contributed by atoms with E-state index in [0.717, 1.165) is 5.56 Å². The fourth-order valence-electron chi connectivity index (χ4n) is 1.87. The van der Waals surface area contributed by atoms with Crippen LogP contribution in [0.5, 0.6) is 0 Å². The number of thiocarbonyl (C=S) groups is 1. The Bertz CT molecular complexity index is 747. The summed E-state index contributed by atoms with van der Waals surface area (Å²) in [5.74, 6) is -0.790. The number of nitrogens with one attached hydrogen (secondary N) is 2. The predicted molar refractivity (Wildman–Crippen MR) is 94.5 cm³/mol. The van der Waals surface area contributed by atoms with Gasteiger partial charge in [0.2, 0.25) is 11.8 Å². The third kappa shape index (κ3) is 5.36. The molecule has 0 radical (unpaired) electrons. The Morgan fingerprint density at radius 2 is 1.83 bits per heavy atom. The maximum absolute atomic E-state index is 11.9. The largest absolute Gasteiger partial charge is 0.366 e. The summed E-state index contributed by atoms with van der Waals surface area (Å²) in [7, 11) is 0. The Labute approximate surface area is 143 Å². The molecule has 0 aromatic heterocycles. The Hall–Kier alpha value is -2.44. The second-order valence-electron chi connectivity index (χ2n) is 4.75. The number of carbonyl (C=O) groups is 2. The molecular formula is C16H14ClN3O2S. The van der Waals surface area contributed by atoms with Crippen molar-refractivity contribution in [1.82, 2.24) is 5.32 Å². The maximum Gasteiger partial charge on any atom is 0.248 e. The normalized spacial score (nSPS) is 9.96. The molecule has 2 rings (SSSR count). The van der Waals surface area contributed by atoms with Gasteiger partial charge in [-0.25, -0.2) is 0 Å². The van der Waals surface area contributed by atoms with Crippen LogP contribution >= 0.6 is 23.8 Å². The van der Waals surface area contributed by atoms with E-state index in [9.17, 15) is 9.59 Å². The lowest BCUT2D eigenvalue weighted by molar-refractivity contribution is -0.119. The van der Waals surface area contributed by atoms with Crippen LogP contribution in [0.3, 0.4) is 0 Å². The number of rotatable bonds is 4.